The Morgan fingerprint density at radius 3 is 2.62 bits per heavy atom. The fourth-order valence-corrected chi connectivity index (χ4v) is 1.52. The lowest BCUT2D eigenvalue weighted by molar-refractivity contribution is 0.0695. The van der Waals surface area contributed by atoms with Crippen LogP contribution >= 0.6 is 11.8 Å². The van der Waals surface area contributed by atoms with Gasteiger partial charge in [-0.25, -0.2) is 4.79 Å². The van der Waals surface area contributed by atoms with Gasteiger partial charge in [0.1, 0.15) is 0 Å². The van der Waals surface area contributed by atoms with Crippen LogP contribution in [0.3, 0.4) is 0 Å². The number of thioether (sulfide) groups is 1. The molecule has 16 heavy (non-hydrogen) atoms. The SMILES string of the molecule is CSC(C)(C)Cn1cc(C(=O)O)ccc1=O. The molecule has 4 nitrogen and oxygen atoms in total. The summed E-state index contributed by atoms with van der Waals surface area (Å²) in [5.74, 6) is -1.02. The van der Waals surface area contributed by atoms with Crippen molar-refractivity contribution < 1.29 is 9.90 Å². The summed E-state index contributed by atoms with van der Waals surface area (Å²) >= 11 is 1.64. The third-order valence-electron chi connectivity index (χ3n) is 2.33. The maximum absolute atomic E-state index is 11.5. The zero-order valence-corrected chi connectivity index (χ0v) is 10.4. The van der Waals surface area contributed by atoms with Crippen LogP contribution in [0.15, 0.2) is 23.1 Å². The van der Waals surface area contributed by atoms with Gasteiger partial charge in [-0.2, -0.15) is 11.8 Å². The highest BCUT2D eigenvalue weighted by Crippen LogP contribution is 2.22. The zero-order chi connectivity index (χ0) is 12.3. The van der Waals surface area contributed by atoms with Gasteiger partial charge in [0, 0.05) is 23.6 Å². The summed E-state index contributed by atoms with van der Waals surface area (Å²) < 4.78 is 1.35. The monoisotopic (exact) mass is 241 g/mol. The van der Waals surface area contributed by atoms with E-state index in [0.29, 0.717) is 6.54 Å². The molecule has 1 aromatic heterocycles. The van der Waals surface area contributed by atoms with Gasteiger partial charge in [-0.05, 0) is 26.2 Å². The number of carbonyl (C=O) groups is 1. The van der Waals surface area contributed by atoms with Crippen molar-refractivity contribution >= 4 is 17.7 Å². The van der Waals surface area contributed by atoms with E-state index in [0.717, 1.165) is 0 Å². The van der Waals surface area contributed by atoms with Crippen molar-refractivity contribution in [3.8, 4) is 0 Å². The van der Waals surface area contributed by atoms with Crippen LogP contribution in [-0.4, -0.2) is 26.6 Å². The first-order valence-corrected chi connectivity index (χ1v) is 6.07. The molecule has 0 bridgehead atoms. The summed E-state index contributed by atoms with van der Waals surface area (Å²) in [5, 5.41) is 8.84. The summed E-state index contributed by atoms with van der Waals surface area (Å²) in [6.45, 7) is 4.52. The predicted molar refractivity (Wildman–Crippen MR) is 65.3 cm³/mol. The van der Waals surface area contributed by atoms with Gasteiger partial charge in [0.05, 0.1) is 5.56 Å². The fraction of sp³-hybridized carbons (Fsp3) is 0.455. The van der Waals surface area contributed by atoms with Crippen LogP contribution in [0.2, 0.25) is 0 Å². The minimum Gasteiger partial charge on any atom is -0.478 e. The van der Waals surface area contributed by atoms with E-state index in [4.69, 9.17) is 5.11 Å². The molecule has 0 fully saturated rings. The lowest BCUT2D eigenvalue weighted by atomic mass is 10.2. The van der Waals surface area contributed by atoms with Crippen molar-refractivity contribution in [2.45, 2.75) is 25.1 Å². The maximum Gasteiger partial charge on any atom is 0.337 e. The summed E-state index contributed by atoms with van der Waals surface area (Å²) in [5.41, 5.74) is -0.0383. The van der Waals surface area contributed by atoms with E-state index in [1.54, 1.807) is 11.8 Å². The number of carboxylic acid groups (broad SMARTS) is 1. The van der Waals surface area contributed by atoms with E-state index < -0.39 is 5.97 Å². The molecule has 0 radical (unpaired) electrons. The van der Waals surface area contributed by atoms with Gasteiger partial charge >= 0.3 is 5.97 Å². The topological polar surface area (TPSA) is 59.3 Å². The smallest absolute Gasteiger partial charge is 0.337 e. The second-order valence-electron chi connectivity index (χ2n) is 4.15. The van der Waals surface area contributed by atoms with Crippen molar-refractivity contribution in [1.29, 1.82) is 0 Å². The van der Waals surface area contributed by atoms with Crippen LogP contribution < -0.4 is 5.56 Å². The van der Waals surface area contributed by atoms with Crippen molar-refractivity contribution in [2.24, 2.45) is 0 Å². The normalized spacial score (nSPS) is 11.4. The minimum atomic E-state index is -1.02. The third kappa shape index (κ3) is 3.13. The van der Waals surface area contributed by atoms with Gasteiger partial charge in [0.25, 0.3) is 5.56 Å². The first kappa shape index (κ1) is 12.8. The molecular weight excluding hydrogens is 226 g/mol. The Bertz CT molecular complexity index is 451. The van der Waals surface area contributed by atoms with Gasteiger partial charge in [-0.3, -0.25) is 4.79 Å². The number of aromatic nitrogens is 1. The lowest BCUT2D eigenvalue weighted by Gasteiger charge is -2.23. The summed E-state index contributed by atoms with van der Waals surface area (Å²) in [7, 11) is 0. The van der Waals surface area contributed by atoms with Crippen LogP contribution in [0, 0.1) is 0 Å². The second-order valence-corrected chi connectivity index (χ2v) is 5.67. The quantitative estimate of drug-likeness (QED) is 0.871. The Labute approximate surface area is 98.3 Å². The largest absolute Gasteiger partial charge is 0.478 e. The Hall–Kier alpha value is -1.23. The molecule has 0 unspecified atom stereocenters. The van der Waals surface area contributed by atoms with Crippen molar-refractivity contribution in [2.75, 3.05) is 6.26 Å². The molecular formula is C11H15NO3S. The van der Waals surface area contributed by atoms with Crippen LogP contribution in [0.5, 0.6) is 0 Å². The molecule has 0 amide bonds. The summed E-state index contributed by atoms with van der Waals surface area (Å²) in [6.07, 6.45) is 3.36. The number of pyridine rings is 1. The van der Waals surface area contributed by atoms with E-state index in [2.05, 4.69) is 0 Å². The third-order valence-corrected chi connectivity index (χ3v) is 3.57. The van der Waals surface area contributed by atoms with Gasteiger partial charge in [0.15, 0.2) is 0 Å². The standard InChI is InChI=1S/C11H15NO3S/c1-11(2,16-3)7-12-6-8(10(14)15)4-5-9(12)13/h4-6H,7H2,1-3H3,(H,14,15). The Balaban J connectivity index is 3.09. The van der Waals surface area contributed by atoms with Crippen LogP contribution in [-0.2, 0) is 6.54 Å². The molecule has 0 aliphatic heterocycles. The highest BCUT2D eigenvalue weighted by atomic mass is 32.2. The molecule has 1 heterocycles. The van der Waals surface area contributed by atoms with Crippen LogP contribution in [0.4, 0.5) is 0 Å². The minimum absolute atomic E-state index is 0.0963. The molecule has 1 rings (SSSR count). The van der Waals surface area contributed by atoms with Gasteiger partial charge in [-0.1, -0.05) is 0 Å². The van der Waals surface area contributed by atoms with Gasteiger partial charge in [0.2, 0.25) is 0 Å². The fourth-order valence-electron chi connectivity index (χ4n) is 1.26. The molecule has 88 valence electrons. The highest BCUT2D eigenvalue weighted by Gasteiger charge is 2.18. The first-order chi connectivity index (χ1) is 7.35. The average molecular weight is 241 g/mol. The van der Waals surface area contributed by atoms with E-state index in [-0.39, 0.29) is 15.9 Å². The molecule has 0 aliphatic rings. The lowest BCUT2D eigenvalue weighted by Crippen LogP contribution is -2.30. The molecule has 0 aromatic carbocycles. The molecule has 0 saturated heterocycles. The van der Waals surface area contributed by atoms with E-state index in [9.17, 15) is 9.59 Å². The first-order valence-electron chi connectivity index (χ1n) is 4.85. The number of carboxylic acids is 1. The second kappa shape index (κ2) is 4.74. The Morgan fingerprint density at radius 2 is 2.12 bits per heavy atom. The van der Waals surface area contributed by atoms with Crippen molar-refractivity contribution in [1.82, 2.24) is 4.57 Å². The van der Waals surface area contributed by atoms with Crippen molar-refractivity contribution in [3.05, 3.63) is 34.2 Å². The van der Waals surface area contributed by atoms with E-state index in [1.165, 1.54) is 22.9 Å². The zero-order valence-electron chi connectivity index (χ0n) is 9.56. The average Bonchev–Trinajstić information content (AvgIpc) is 2.21. The summed E-state index contributed by atoms with van der Waals surface area (Å²) in [6, 6.07) is 2.62. The number of rotatable bonds is 4. The number of hydrogen-bond donors (Lipinski definition) is 1. The van der Waals surface area contributed by atoms with E-state index in [1.807, 2.05) is 20.1 Å². The molecule has 1 aromatic rings. The van der Waals surface area contributed by atoms with E-state index >= 15 is 0 Å². The van der Waals surface area contributed by atoms with Crippen molar-refractivity contribution in [3.63, 3.8) is 0 Å². The molecule has 0 aliphatic carbocycles. The number of aromatic carboxylic acids is 1. The predicted octanol–water partition coefficient (Wildman–Crippen LogP) is 1.69. The maximum atomic E-state index is 11.5. The van der Waals surface area contributed by atoms with Crippen LogP contribution in [0.25, 0.3) is 0 Å². The van der Waals surface area contributed by atoms with Gasteiger partial charge in [-0.15, -0.1) is 0 Å². The summed E-state index contributed by atoms with van der Waals surface area (Å²) in [4.78, 5) is 22.3. The highest BCUT2D eigenvalue weighted by molar-refractivity contribution is 7.99. The molecule has 5 heteroatoms. The molecule has 0 saturated carbocycles. The van der Waals surface area contributed by atoms with Crippen LogP contribution in [0.1, 0.15) is 24.2 Å². The molecule has 0 atom stereocenters. The molecule has 0 spiro atoms. The Morgan fingerprint density at radius 1 is 1.50 bits per heavy atom. The number of nitrogens with zero attached hydrogens (tertiary/aromatic N) is 1. The number of hydrogen-bond acceptors (Lipinski definition) is 3. The Kier molecular flexibility index (Phi) is 3.80. The molecule has 1 N–H and O–H groups in total. The van der Waals surface area contributed by atoms with Gasteiger partial charge < -0.3 is 9.67 Å².